The second kappa shape index (κ2) is 13.5. The maximum Gasteiger partial charge on any atom is 0.408 e. The van der Waals surface area contributed by atoms with Crippen LogP contribution in [0.15, 0.2) is 102 Å². The number of ether oxygens (including phenoxy) is 3. The summed E-state index contributed by atoms with van der Waals surface area (Å²) >= 11 is 1.25. The standard InChI is InChI=1S/C34H35N3O7S/c1-34(2,3)44-33(41)36-25(21-14-8-5-9-15-21)29(38)35-26-30(39)37-27(24(42-4)20-45-31(26)37)32(40)43-28(22-16-10-6-11-17-22)23-18-12-7-13-19-23/h5-20,25-28,31H,1-4H3,(H,35,38)(H,36,41)/t25?,26-,27-,31-/m1/s1. The van der Waals surface area contributed by atoms with Crippen LogP contribution in [0.3, 0.4) is 0 Å². The zero-order chi connectivity index (χ0) is 32.1. The lowest BCUT2D eigenvalue weighted by molar-refractivity contribution is -0.167. The molecule has 2 aliphatic heterocycles. The van der Waals surface area contributed by atoms with Crippen LogP contribution in [0.2, 0.25) is 0 Å². The second-order valence-electron chi connectivity index (χ2n) is 11.5. The van der Waals surface area contributed by atoms with Gasteiger partial charge in [-0.05, 0) is 37.5 Å². The fourth-order valence-corrected chi connectivity index (χ4v) is 6.34. The van der Waals surface area contributed by atoms with Crippen LogP contribution in [-0.4, -0.2) is 58.9 Å². The normalized spacial score (nSPS) is 19.8. The van der Waals surface area contributed by atoms with E-state index in [0.717, 1.165) is 11.1 Å². The molecular formula is C34H35N3O7S. The van der Waals surface area contributed by atoms with Gasteiger partial charge in [-0.3, -0.25) is 9.59 Å². The van der Waals surface area contributed by atoms with Crippen LogP contribution in [0.25, 0.3) is 0 Å². The molecular weight excluding hydrogens is 594 g/mol. The predicted molar refractivity (Wildman–Crippen MR) is 168 cm³/mol. The smallest absolute Gasteiger partial charge is 0.408 e. The number of hydrogen-bond acceptors (Lipinski definition) is 8. The molecule has 1 fully saturated rings. The number of fused-ring (bicyclic) bond motifs is 1. The Labute approximate surface area is 266 Å². The number of carbonyl (C=O) groups is 4. The molecule has 234 valence electrons. The SMILES string of the molecule is COC1=CS[C@@H]2[C@H](NC(=O)C(NC(=O)OC(C)(C)C)c3ccccc3)C(=O)N2[C@H]1C(=O)OC(c1ccccc1)c1ccccc1. The van der Waals surface area contributed by atoms with Gasteiger partial charge in [0, 0.05) is 5.41 Å². The van der Waals surface area contributed by atoms with E-state index in [0.29, 0.717) is 5.56 Å². The van der Waals surface area contributed by atoms with Gasteiger partial charge in [0.25, 0.3) is 0 Å². The average Bonchev–Trinajstić information content (AvgIpc) is 3.04. The van der Waals surface area contributed by atoms with Crippen molar-refractivity contribution in [3.63, 3.8) is 0 Å². The molecule has 4 atom stereocenters. The molecule has 2 aliphatic rings. The topological polar surface area (TPSA) is 123 Å². The van der Waals surface area contributed by atoms with E-state index in [-0.39, 0.29) is 5.76 Å². The van der Waals surface area contributed by atoms with Gasteiger partial charge in [0.1, 0.15) is 28.8 Å². The first-order valence-corrected chi connectivity index (χ1v) is 15.4. The summed E-state index contributed by atoms with van der Waals surface area (Å²) in [5.41, 5.74) is 1.27. The molecule has 0 bridgehead atoms. The van der Waals surface area contributed by atoms with Crippen molar-refractivity contribution < 1.29 is 33.4 Å². The summed E-state index contributed by atoms with van der Waals surface area (Å²) in [6.07, 6.45) is -1.49. The third-order valence-corrected chi connectivity index (χ3v) is 8.35. The average molecular weight is 630 g/mol. The first kappa shape index (κ1) is 31.6. The van der Waals surface area contributed by atoms with Crippen LogP contribution < -0.4 is 10.6 Å². The maximum atomic E-state index is 13.8. The zero-order valence-corrected chi connectivity index (χ0v) is 26.2. The number of rotatable bonds is 9. The fraction of sp³-hybridized carbons (Fsp3) is 0.294. The molecule has 11 heteroatoms. The quantitative estimate of drug-likeness (QED) is 0.255. The molecule has 2 N–H and O–H groups in total. The van der Waals surface area contributed by atoms with Crippen molar-refractivity contribution >= 4 is 35.6 Å². The molecule has 0 radical (unpaired) electrons. The zero-order valence-electron chi connectivity index (χ0n) is 25.3. The van der Waals surface area contributed by atoms with Gasteiger partial charge in [0.05, 0.1) is 7.11 Å². The first-order chi connectivity index (χ1) is 21.6. The highest BCUT2D eigenvalue weighted by molar-refractivity contribution is 8.02. The van der Waals surface area contributed by atoms with E-state index >= 15 is 0 Å². The number of benzene rings is 3. The predicted octanol–water partition coefficient (Wildman–Crippen LogP) is 4.84. The van der Waals surface area contributed by atoms with Crippen molar-refractivity contribution in [2.45, 2.75) is 56.0 Å². The van der Waals surface area contributed by atoms with Crippen LogP contribution in [-0.2, 0) is 28.6 Å². The van der Waals surface area contributed by atoms with E-state index in [9.17, 15) is 19.2 Å². The molecule has 2 heterocycles. The van der Waals surface area contributed by atoms with Gasteiger partial charge in [0.15, 0.2) is 12.1 Å². The van der Waals surface area contributed by atoms with Crippen molar-refractivity contribution in [3.05, 3.63) is 119 Å². The Hall–Kier alpha value is -4.77. The number of nitrogens with zero attached hydrogens (tertiary/aromatic N) is 1. The molecule has 3 amide bonds. The van der Waals surface area contributed by atoms with Crippen LogP contribution in [0.4, 0.5) is 4.79 Å². The molecule has 0 saturated carbocycles. The lowest BCUT2D eigenvalue weighted by Gasteiger charge is -2.51. The van der Waals surface area contributed by atoms with Gasteiger partial charge in [-0.1, -0.05) is 91.0 Å². The number of methoxy groups -OCH3 is 1. The van der Waals surface area contributed by atoms with Gasteiger partial charge in [-0.2, -0.15) is 0 Å². The molecule has 3 aromatic carbocycles. The number of thioether (sulfide) groups is 1. The van der Waals surface area contributed by atoms with Crippen LogP contribution in [0.5, 0.6) is 0 Å². The molecule has 5 rings (SSSR count). The molecule has 45 heavy (non-hydrogen) atoms. The van der Waals surface area contributed by atoms with E-state index in [1.807, 2.05) is 60.7 Å². The minimum absolute atomic E-state index is 0.257. The third kappa shape index (κ3) is 7.15. The number of amides is 3. The highest BCUT2D eigenvalue weighted by Crippen LogP contribution is 2.41. The van der Waals surface area contributed by atoms with E-state index < -0.39 is 59.1 Å². The number of carbonyl (C=O) groups excluding carboxylic acids is 4. The summed E-state index contributed by atoms with van der Waals surface area (Å²) in [5, 5.41) is 6.44. The third-order valence-electron chi connectivity index (χ3n) is 7.20. The minimum Gasteiger partial charge on any atom is -0.498 e. The van der Waals surface area contributed by atoms with Crippen LogP contribution in [0.1, 0.15) is 49.6 Å². The van der Waals surface area contributed by atoms with Crippen LogP contribution in [0, 0.1) is 0 Å². The van der Waals surface area contributed by atoms with E-state index in [1.54, 1.807) is 56.5 Å². The lowest BCUT2D eigenvalue weighted by Crippen LogP contribution is -2.74. The van der Waals surface area contributed by atoms with E-state index in [2.05, 4.69) is 10.6 Å². The van der Waals surface area contributed by atoms with Crippen molar-refractivity contribution in [3.8, 4) is 0 Å². The summed E-state index contributed by atoms with van der Waals surface area (Å²) in [6, 6.07) is 24.1. The number of alkyl carbamates (subject to hydrolysis) is 1. The molecule has 10 nitrogen and oxygen atoms in total. The number of hydrogen-bond donors (Lipinski definition) is 2. The maximum absolute atomic E-state index is 13.8. The monoisotopic (exact) mass is 629 g/mol. The van der Waals surface area contributed by atoms with Gasteiger partial charge < -0.3 is 29.7 Å². The van der Waals surface area contributed by atoms with E-state index in [4.69, 9.17) is 14.2 Å². The Bertz CT molecular complexity index is 1520. The highest BCUT2D eigenvalue weighted by atomic mass is 32.2. The van der Waals surface area contributed by atoms with Crippen molar-refractivity contribution in [1.82, 2.24) is 15.5 Å². The minimum atomic E-state index is -1.15. The summed E-state index contributed by atoms with van der Waals surface area (Å²) in [4.78, 5) is 55.0. The fourth-order valence-electron chi connectivity index (χ4n) is 5.14. The molecule has 0 aromatic heterocycles. The molecule has 1 saturated heterocycles. The number of nitrogens with one attached hydrogen (secondary N) is 2. The molecule has 0 spiro atoms. The Morgan fingerprint density at radius 2 is 1.38 bits per heavy atom. The summed E-state index contributed by atoms with van der Waals surface area (Å²) in [6.45, 7) is 5.16. The Kier molecular flexibility index (Phi) is 9.48. The van der Waals surface area contributed by atoms with Crippen molar-refractivity contribution in [2.24, 2.45) is 0 Å². The van der Waals surface area contributed by atoms with Gasteiger partial charge in [-0.25, -0.2) is 9.59 Å². The second-order valence-corrected chi connectivity index (χ2v) is 12.5. The van der Waals surface area contributed by atoms with E-state index in [1.165, 1.54) is 23.8 Å². The molecule has 1 unspecified atom stereocenters. The van der Waals surface area contributed by atoms with Gasteiger partial charge in [-0.15, -0.1) is 11.8 Å². The van der Waals surface area contributed by atoms with Crippen molar-refractivity contribution in [1.29, 1.82) is 0 Å². The Morgan fingerprint density at radius 3 is 1.89 bits per heavy atom. The largest absolute Gasteiger partial charge is 0.498 e. The summed E-state index contributed by atoms with van der Waals surface area (Å²) < 4.78 is 17.0. The number of esters is 1. The molecule has 3 aromatic rings. The Morgan fingerprint density at radius 1 is 0.844 bits per heavy atom. The van der Waals surface area contributed by atoms with Gasteiger partial charge in [0.2, 0.25) is 11.8 Å². The summed E-state index contributed by atoms with van der Waals surface area (Å²) in [7, 11) is 1.43. The van der Waals surface area contributed by atoms with Crippen LogP contribution >= 0.6 is 11.8 Å². The first-order valence-electron chi connectivity index (χ1n) is 14.4. The number of β-lactam (4-membered cyclic amide) rings is 1. The van der Waals surface area contributed by atoms with Gasteiger partial charge >= 0.3 is 12.1 Å². The van der Waals surface area contributed by atoms with Crippen molar-refractivity contribution in [2.75, 3.05) is 7.11 Å². The lowest BCUT2D eigenvalue weighted by atomic mass is 9.99. The highest BCUT2D eigenvalue weighted by Gasteiger charge is 2.57. The Balaban J connectivity index is 1.35. The molecule has 0 aliphatic carbocycles. The summed E-state index contributed by atoms with van der Waals surface area (Å²) in [5.74, 6) is -1.49.